The topological polar surface area (TPSA) is 45.2 Å². The van der Waals surface area contributed by atoms with Crippen LogP contribution in [-0.4, -0.2) is 29.9 Å². The highest BCUT2D eigenvalue weighted by molar-refractivity contribution is 7.09. The zero-order valence-corrected chi connectivity index (χ0v) is 12.1. The molecule has 0 fully saturated rings. The summed E-state index contributed by atoms with van der Waals surface area (Å²) in [4.78, 5) is 19.5. The molecule has 0 radical (unpaired) electrons. The summed E-state index contributed by atoms with van der Waals surface area (Å²) in [7, 11) is 3.63. The molecule has 0 saturated carbocycles. The fraction of sp³-hybridized carbons (Fsp3) is 0.286. The van der Waals surface area contributed by atoms with E-state index in [-0.39, 0.29) is 5.91 Å². The number of carbonyl (C=O) groups excluding carboxylic acids is 1. The molecule has 0 unspecified atom stereocenters. The number of aryl methyl sites for hydroxylation is 1. The summed E-state index contributed by atoms with van der Waals surface area (Å²) in [5, 5.41) is 3.04. The number of anilines is 1. The zero-order valence-electron chi connectivity index (χ0n) is 11.3. The van der Waals surface area contributed by atoms with Gasteiger partial charge in [-0.25, -0.2) is 4.98 Å². The van der Waals surface area contributed by atoms with Crippen LogP contribution in [0.2, 0.25) is 0 Å². The number of hydrogen-bond donors (Lipinski definition) is 1. The third kappa shape index (κ3) is 2.93. The first kappa shape index (κ1) is 13.5. The molecule has 0 saturated heterocycles. The lowest BCUT2D eigenvalue weighted by Gasteiger charge is -2.18. The molecule has 0 aliphatic carbocycles. The highest BCUT2D eigenvalue weighted by Gasteiger charge is 2.16. The van der Waals surface area contributed by atoms with Gasteiger partial charge in [0, 0.05) is 24.7 Å². The van der Waals surface area contributed by atoms with Gasteiger partial charge in [-0.2, -0.15) is 0 Å². The molecule has 100 valence electrons. The first-order chi connectivity index (χ1) is 9.13. The summed E-state index contributed by atoms with van der Waals surface area (Å²) in [5.41, 5.74) is 4.34. The lowest BCUT2D eigenvalue weighted by molar-refractivity contribution is 0.0787. The van der Waals surface area contributed by atoms with Crippen LogP contribution in [0.5, 0.6) is 0 Å². The quantitative estimate of drug-likeness (QED) is 0.933. The zero-order chi connectivity index (χ0) is 13.8. The molecule has 4 nitrogen and oxygen atoms in total. The van der Waals surface area contributed by atoms with Crippen LogP contribution in [-0.2, 0) is 6.54 Å². The van der Waals surface area contributed by atoms with Gasteiger partial charge in [-0.3, -0.25) is 4.79 Å². The number of nitrogens with zero attached hydrogens (tertiary/aromatic N) is 2. The molecular weight excluding hydrogens is 258 g/mol. The van der Waals surface area contributed by atoms with Gasteiger partial charge in [0.15, 0.2) is 0 Å². The Bertz CT molecular complexity index is 580. The number of nitrogens with one attached hydrogen (secondary N) is 1. The van der Waals surface area contributed by atoms with Crippen molar-refractivity contribution < 1.29 is 4.79 Å². The normalized spacial score (nSPS) is 10.3. The monoisotopic (exact) mass is 275 g/mol. The van der Waals surface area contributed by atoms with E-state index in [1.165, 1.54) is 0 Å². The molecule has 0 bridgehead atoms. The Morgan fingerprint density at radius 2 is 2.16 bits per heavy atom. The Morgan fingerprint density at radius 1 is 1.42 bits per heavy atom. The molecule has 1 N–H and O–H groups in total. The van der Waals surface area contributed by atoms with Crippen molar-refractivity contribution >= 4 is 22.9 Å². The van der Waals surface area contributed by atoms with Gasteiger partial charge < -0.3 is 10.2 Å². The number of thiazole rings is 1. The lowest BCUT2D eigenvalue weighted by atomic mass is 10.1. The molecule has 1 aromatic heterocycles. The maximum Gasteiger partial charge on any atom is 0.256 e. The molecule has 2 rings (SSSR count). The van der Waals surface area contributed by atoms with E-state index >= 15 is 0 Å². The summed E-state index contributed by atoms with van der Waals surface area (Å²) in [6, 6.07) is 7.53. The van der Waals surface area contributed by atoms with E-state index in [1.54, 1.807) is 16.2 Å². The van der Waals surface area contributed by atoms with E-state index in [9.17, 15) is 4.79 Å². The Hall–Kier alpha value is -1.88. The second-order valence-electron chi connectivity index (χ2n) is 4.32. The molecular formula is C14H17N3OS. The van der Waals surface area contributed by atoms with Crippen molar-refractivity contribution in [1.82, 2.24) is 9.88 Å². The maximum atomic E-state index is 12.4. The number of carbonyl (C=O) groups is 1. The van der Waals surface area contributed by atoms with Gasteiger partial charge in [0.1, 0.15) is 0 Å². The minimum Gasteiger partial charge on any atom is -0.387 e. The van der Waals surface area contributed by atoms with Crippen molar-refractivity contribution in [2.75, 3.05) is 19.4 Å². The minimum absolute atomic E-state index is 0.0118. The molecule has 0 aliphatic rings. The van der Waals surface area contributed by atoms with Crippen molar-refractivity contribution in [1.29, 1.82) is 0 Å². The van der Waals surface area contributed by atoms with Crippen LogP contribution in [0.4, 0.5) is 5.69 Å². The van der Waals surface area contributed by atoms with Crippen LogP contribution >= 0.6 is 11.3 Å². The summed E-state index contributed by atoms with van der Waals surface area (Å²) in [5.74, 6) is 0.0118. The Balaban J connectivity index is 2.17. The second-order valence-corrected chi connectivity index (χ2v) is 5.26. The van der Waals surface area contributed by atoms with Crippen LogP contribution in [0.3, 0.4) is 0 Å². The highest BCUT2D eigenvalue weighted by Crippen LogP contribution is 2.19. The fourth-order valence-electron chi connectivity index (χ4n) is 1.86. The SMILES string of the molecule is CNc1ccccc1C(=O)N(C)Cc1scnc1C. The third-order valence-corrected chi connectivity index (χ3v) is 3.92. The summed E-state index contributed by atoms with van der Waals surface area (Å²) < 4.78 is 0. The molecule has 0 aliphatic heterocycles. The second kappa shape index (κ2) is 5.84. The molecule has 1 aromatic carbocycles. The number of aromatic nitrogens is 1. The standard InChI is InChI=1S/C14H17N3OS/c1-10-13(19-9-16-10)8-17(3)14(18)11-6-4-5-7-12(11)15-2/h4-7,9,15H,8H2,1-3H3. The van der Waals surface area contributed by atoms with E-state index in [1.807, 2.05) is 50.8 Å². The average Bonchev–Trinajstić information content (AvgIpc) is 2.83. The summed E-state index contributed by atoms with van der Waals surface area (Å²) >= 11 is 1.58. The van der Waals surface area contributed by atoms with Gasteiger partial charge in [-0.15, -0.1) is 11.3 Å². The minimum atomic E-state index is 0.0118. The molecule has 2 aromatic rings. The van der Waals surface area contributed by atoms with Gasteiger partial charge in [0.05, 0.1) is 23.3 Å². The Labute approximate surface area is 117 Å². The van der Waals surface area contributed by atoms with Crippen molar-refractivity contribution in [2.45, 2.75) is 13.5 Å². The largest absolute Gasteiger partial charge is 0.387 e. The number of hydrogen-bond acceptors (Lipinski definition) is 4. The van der Waals surface area contributed by atoms with E-state index in [4.69, 9.17) is 0 Å². The maximum absolute atomic E-state index is 12.4. The Kier molecular flexibility index (Phi) is 4.16. The third-order valence-electron chi connectivity index (χ3n) is 3.00. The molecule has 5 heteroatoms. The smallest absolute Gasteiger partial charge is 0.256 e. The predicted octanol–water partition coefficient (Wildman–Crippen LogP) is 2.77. The summed E-state index contributed by atoms with van der Waals surface area (Å²) in [6.45, 7) is 2.55. The van der Waals surface area contributed by atoms with E-state index in [2.05, 4.69) is 10.3 Å². The van der Waals surface area contributed by atoms with Gasteiger partial charge >= 0.3 is 0 Å². The predicted molar refractivity (Wildman–Crippen MR) is 78.6 cm³/mol. The fourth-order valence-corrected chi connectivity index (χ4v) is 2.69. The van der Waals surface area contributed by atoms with Crippen LogP contribution in [0.1, 0.15) is 20.9 Å². The lowest BCUT2D eigenvalue weighted by Crippen LogP contribution is -2.26. The van der Waals surface area contributed by atoms with E-state index in [0.717, 1.165) is 16.3 Å². The van der Waals surface area contributed by atoms with E-state index < -0.39 is 0 Å². The molecule has 0 atom stereocenters. The van der Waals surface area contributed by atoms with Gasteiger partial charge in [0.25, 0.3) is 5.91 Å². The van der Waals surface area contributed by atoms with Crippen molar-refractivity contribution in [3.8, 4) is 0 Å². The molecule has 1 heterocycles. The number of benzene rings is 1. The van der Waals surface area contributed by atoms with Crippen LogP contribution in [0.15, 0.2) is 29.8 Å². The number of rotatable bonds is 4. The average molecular weight is 275 g/mol. The summed E-state index contributed by atoms with van der Waals surface area (Å²) in [6.07, 6.45) is 0. The van der Waals surface area contributed by atoms with Crippen molar-refractivity contribution in [2.24, 2.45) is 0 Å². The number of amides is 1. The molecule has 19 heavy (non-hydrogen) atoms. The first-order valence-corrected chi connectivity index (χ1v) is 6.92. The number of para-hydroxylation sites is 1. The van der Waals surface area contributed by atoms with Crippen LogP contribution in [0, 0.1) is 6.92 Å². The van der Waals surface area contributed by atoms with Crippen LogP contribution in [0.25, 0.3) is 0 Å². The van der Waals surface area contributed by atoms with Gasteiger partial charge in [-0.05, 0) is 19.1 Å². The van der Waals surface area contributed by atoms with Crippen molar-refractivity contribution in [3.05, 3.63) is 45.9 Å². The van der Waals surface area contributed by atoms with Crippen LogP contribution < -0.4 is 5.32 Å². The van der Waals surface area contributed by atoms with Gasteiger partial charge in [0.2, 0.25) is 0 Å². The Morgan fingerprint density at radius 3 is 2.79 bits per heavy atom. The van der Waals surface area contributed by atoms with Crippen molar-refractivity contribution in [3.63, 3.8) is 0 Å². The molecule has 0 spiro atoms. The van der Waals surface area contributed by atoms with E-state index in [0.29, 0.717) is 12.1 Å². The molecule has 1 amide bonds. The first-order valence-electron chi connectivity index (χ1n) is 6.04. The van der Waals surface area contributed by atoms with Gasteiger partial charge in [-0.1, -0.05) is 12.1 Å². The highest BCUT2D eigenvalue weighted by atomic mass is 32.1.